The maximum absolute atomic E-state index is 12.3. The molecule has 0 spiro atoms. The van der Waals surface area contributed by atoms with E-state index >= 15 is 0 Å². The van der Waals surface area contributed by atoms with Gasteiger partial charge in [0.05, 0.1) is 30.8 Å². The number of nitrogens with one attached hydrogen (secondary N) is 1. The molecule has 1 N–H and O–H groups in total. The van der Waals surface area contributed by atoms with E-state index in [2.05, 4.69) is 10.3 Å². The van der Waals surface area contributed by atoms with Gasteiger partial charge >= 0.3 is 0 Å². The molecule has 1 aliphatic carbocycles. The van der Waals surface area contributed by atoms with Gasteiger partial charge in [0.15, 0.2) is 0 Å². The molecule has 122 valence electrons. The van der Waals surface area contributed by atoms with E-state index in [1.807, 2.05) is 18.4 Å². The number of carbonyl (C=O) groups excluding carboxylic acids is 1. The third-order valence-corrected chi connectivity index (χ3v) is 4.54. The van der Waals surface area contributed by atoms with Crippen molar-refractivity contribution in [2.75, 3.05) is 19.8 Å². The fourth-order valence-electron chi connectivity index (χ4n) is 2.71. The minimum Gasteiger partial charge on any atom is -0.379 e. The first-order valence-corrected chi connectivity index (χ1v) is 8.10. The Kier molecular flexibility index (Phi) is 4.78. The molecule has 1 aromatic heterocycles. The lowest BCUT2D eigenvalue weighted by Crippen LogP contribution is -2.51. The van der Waals surface area contributed by atoms with Crippen LogP contribution in [0.3, 0.4) is 0 Å². The highest BCUT2D eigenvalue weighted by atomic mass is 16.5. The fourth-order valence-corrected chi connectivity index (χ4v) is 2.71. The maximum atomic E-state index is 12.3. The predicted octanol–water partition coefficient (Wildman–Crippen LogP) is 1.20. The molecule has 6 heteroatoms. The van der Waals surface area contributed by atoms with Crippen molar-refractivity contribution in [3.8, 4) is 0 Å². The Morgan fingerprint density at radius 1 is 1.45 bits per heavy atom. The Morgan fingerprint density at radius 3 is 2.95 bits per heavy atom. The van der Waals surface area contributed by atoms with Crippen LogP contribution in [-0.4, -0.2) is 47.4 Å². The quantitative estimate of drug-likeness (QED) is 0.857. The van der Waals surface area contributed by atoms with Gasteiger partial charge in [-0.3, -0.25) is 4.79 Å². The first-order chi connectivity index (χ1) is 10.6. The summed E-state index contributed by atoms with van der Waals surface area (Å²) in [6.07, 6.45) is 5.19. The average Bonchev–Trinajstić information content (AvgIpc) is 3.28. The number of imidazole rings is 1. The van der Waals surface area contributed by atoms with Crippen molar-refractivity contribution in [2.24, 2.45) is 5.92 Å². The predicted molar refractivity (Wildman–Crippen MR) is 81.5 cm³/mol. The van der Waals surface area contributed by atoms with E-state index in [-0.39, 0.29) is 18.1 Å². The second kappa shape index (κ2) is 6.79. The summed E-state index contributed by atoms with van der Waals surface area (Å²) < 4.78 is 13.4. The van der Waals surface area contributed by atoms with Gasteiger partial charge in [-0.1, -0.05) is 0 Å². The Morgan fingerprint density at radius 2 is 2.27 bits per heavy atom. The van der Waals surface area contributed by atoms with Gasteiger partial charge in [-0.15, -0.1) is 0 Å². The van der Waals surface area contributed by atoms with Gasteiger partial charge in [-0.05, 0) is 39.0 Å². The molecule has 2 fully saturated rings. The van der Waals surface area contributed by atoms with Crippen LogP contribution in [0.15, 0.2) is 6.33 Å². The number of hydrogen-bond acceptors (Lipinski definition) is 4. The second-order valence-electron chi connectivity index (χ2n) is 6.40. The molecule has 0 aromatic carbocycles. The van der Waals surface area contributed by atoms with E-state index in [0.717, 1.165) is 30.3 Å². The van der Waals surface area contributed by atoms with E-state index in [0.29, 0.717) is 19.8 Å². The van der Waals surface area contributed by atoms with Gasteiger partial charge in [0.1, 0.15) is 6.54 Å². The number of rotatable bonds is 6. The molecular formula is C16H25N3O3. The molecule has 2 aliphatic rings. The van der Waals surface area contributed by atoms with Crippen LogP contribution in [-0.2, 0) is 20.8 Å². The number of aromatic nitrogens is 2. The maximum Gasteiger partial charge on any atom is 0.240 e. The normalized spacial score (nSPS) is 25.2. The van der Waals surface area contributed by atoms with Crippen LogP contribution in [0.1, 0.15) is 30.7 Å². The summed E-state index contributed by atoms with van der Waals surface area (Å²) in [6, 6.07) is -0.0510. The van der Waals surface area contributed by atoms with Gasteiger partial charge in [0, 0.05) is 18.9 Å². The van der Waals surface area contributed by atoms with E-state index in [4.69, 9.17) is 9.47 Å². The SMILES string of the molecule is Cc1ncn(CC(=O)NC2COCCC2OCC2CC2)c1C. The second-order valence-corrected chi connectivity index (χ2v) is 6.40. The first-order valence-electron chi connectivity index (χ1n) is 8.10. The van der Waals surface area contributed by atoms with Crippen LogP contribution in [0.25, 0.3) is 0 Å². The Labute approximate surface area is 131 Å². The molecule has 1 aliphatic heterocycles. The molecule has 0 bridgehead atoms. The highest BCUT2D eigenvalue weighted by Crippen LogP contribution is 2.30. The van der Waals surface area contributed by atoms with Gasteiger partial charge in [0.2, 0.25) is 5.91 Å². The molecule has 2 unspecified atom stereocenters. The van der Waals surface area contributed by atoms with Gasteiger partial charge in [-0.25, -0.2) is 4.98 Å². The Hall–Kier alpha value is -1.40. The van der Waals surface area contributed by atoms with Crippen LogP contribution < -0.4 is 5.32 Å². The molecule has 2 heterocycles. The summed E-state index contributed by atoms with van der Waals surface area (Å²) >= 11 is 0. The zero-order valence-electron chi connectivity index (χ0n) is 13.4. The lowest BCUT2D eigenvalue weighted by atomic mass is 10.1. The van der Waals surface area contributed by atoms with Crippen molar-refractivity contribution >= 4 is 5.91 Å². The topological polar surface area (TPSA) is 65.4 Å². The van der Waals surface area contributed by atoms with Crippen molar-refractivity contribution in [2.45, 2.75) is 51.8 Å². The Bertz CT molecular complexity index is 525. The first kappa shape index (κ1) is 15.5. The van der Waals surface area contributed by atoms with Crippen LogP contribution in [0.4, 0.5) is 0 Å². The summed E-state index contributed by atoms with van der Waals surface area (Å²) in [4.78, 5) is 16.5. The molecular weight excluding hydrogens is 282 g/mol. The van der Waals surface area contributed by atoms with Gasteiger partial charge in [0.25, 0.3) is 0 Å². The summed E-state index contributed by atoms with van der Waals surface area (Å²) in [5.41, 5.74) is 1.98. The lowest BCUT2D eigenvalue weighted by Gasteiger charge is -2.32. The number of nitrogens with zero attached hydrogens (tertiary/aromatic N) is 2. The summed E-state index contributed by atoms with van der Waals surface area (Å²) in [6.45, 7) is 6.27. The molecule has 6 nitrogen and oxygen atoms in total. The monoisotopic (exact) mass is 307 g/mol. The minimum absolute atomic E-state index is 0.0176. The Balaban J connectivity index is 1.52. The van der Waals surface area contributed by atoms with Crippen LogP contribution in [0, 0.1) is 19.8 Å². The lowest BCUT2D eigenvalue weighted by molar-refractivity contribution is -0.126. The third kappa shape index (κ3) is 3.87. The van der Waals surface area contributed by atoms with Crippen molar-refractivity contribution in [1.82, 2.24) is 14.9 Å². The zero-order valence-corrected chi connectivity index (χ0v) is 13.4. The van der Waals surface area contributed by atoms with E-state index < -0.39 is 0 Å². The van der Waals surface area contributed by atoms with Gasteiger partial charge < -0.3 is 19.4 Å². The van der Waals surface area contributed by atoms with Crippen LogP contribution >= 0.6 is 0 Å². The molecule has 0 radical (unpaired) electrons. The number of aryl methyl sites for hydroxylation is 1. The van der Waals surface area contributed by atoms with Crippen LogP contribution in [0.5, 0.6) is 0 Å². The van der Waals surface area contributed by atoms with Crippen molar-refractivity contribution in [3.05, 3.63) is 17.7 Å². The van der Waals surface area contributed by atoms with Crippen molar-refractivity contribution in [3.63, 3.8) is 0 Å². The standard InChI is InChI=1S/C16H25N3O3/c1-11-12(2)19(10-17-11)7-16(20)18-14-9-21-6-5-15(14)22-8-13-3-4-13/h10,13-15H,3-9H2,1-2H3,(H,18,20). The number of amides is 1. The van der Waals surface area contributed by atoms with E-state index in [9.17, 15) is 4.79 Å². The van der Waals surface area contributed by atoms with E-state index in [1.165, 1.54) is 12.8 Å². The molecule has 1 amide bonds. The summed E-state index contributed by atoms with van der Waals surface area (Å²) in [5, 5.41) is 3.06. The summed E-state index contributed by atoms with van der Waals surface area (Å²) in [5.74, 6) is 0.715. The minimum atomic E-state index is -0.0510. The van der Waals surface area contributed by atoms with Crippen molar-refractivity contribution in [1.29, 1.82) is 0 Å². The molecule has 2 atom stereocenters. The number of hydrogen-bond donors (Lipinski definition) is 1. The highest BCUT2D eigenvalue weighted by molar-refractivity contribution is 5.76. The molecule has 1 aromatic rings. The largest absolute Gasteiger partial charge is 0.379 e. The third-order valence-electron chi connectivity index (χ3n) is 4.54. The summed E-state index contributed by atoms with van der Waals surface area (Å²) in [7, 11) is 0. The number of ether oxygens (including phenoxy) is 2. The zero-order chi connectivity index (χ0) is 15.5. The van der Waals surface area contributed by atoms with E-state index in [1.54, 1.807) is 6.33 Å². The molecule has 22 heavy (non-hydrogen) atoms. The van der Waals surface area contributed by atoms with Crippen molar-refractivity contribution < 1.29 is 14.3 Å². The van der Waals surface area contributed by atoms with Gasteiger partial charge in [-0.2, -0.15) is 0 Å². The smallest absolute Gasteiger partial charge is 0.240 e. The average molecular weight is 307 g/mol. The molecule has 1 saturated heterocycles. The number of carbonyl (C=O) groups is 1. The van der Waals surface area contributed by atoms with Crippen LogP contribution in [0.2, 0.25) is 0 Å². The molecule has 3 rings (SSSR count). The highest BCUT2D eigenvalue weighted by Gasteiger charge is 2.30. The fraction of sp³-hybridized carbons (Fsp3) is 0.750. The molecule has 1 saturated carbocycles.